The van der Waals surface area contributed by atoms with Crippen LogP contribution >= 0.6 is 11.3 Å². The average molecular weight is 307 g/mol. The number of nitrogens with one attached hydrogen (secondary N) is 1. The van der Waals surface area contributed by atoms with Crippen LogP contribution in [-0.4, -0.2) is 17.4 Å². The zero-order valence-electron chi connectivity index (χ0n) is 12.0. The molecule has 0 aliphatic rings. The van der Waals surface area contributed by atoms with Gasteiger partial charge in [-0.15, -0.1) is 11.3 Å². The Morgan fingerprint density at radius 1 is 1.52 bits per heavy atom. The molecule has 3 N–H and O–H groups in total. The van der Waals surface area contributed by atoms with E-state index in [1.165, 1.54) is 17.4 Å². The van der Waals surface area contributed by atoms with E-state index in [0.717, 1.165) is 10.6 Å². The minimum absolute atomic E-state index is 0.261. The first-order valence-corrected chi connectivity index (χ1v) is 7.60. The number of carbonyl (C=O) groups excluding carboxylic acids is 1. The van der Waals surface area contributed by atoms with Crippen LogP contribution in [0.5, 0.6) is 0 Å². The van der Waals surface area contributed by atoms with E-state index in [1.54, 1.807) is 18.4 Å². The number of carbonyl (C=O) groups is 1. The molecule has 1 aromatic carbocycles. The number of thiazole rings is 1. The monoisotopic (exact) mass is 307 g/mol. The number of hydrogen-bond acceptors (Lipinski definition) is 4. The number of aryl methyl sites for hydroxylation is 1. The molecule has 0 aliphatic carbocycles. The Morgan fingerprint density at radius 3 is 2.95 bits per heavy atom. The third kappa shape index (κ3) is 3.86. The van der Waals surface area contributed by atoms with Gasteiger partial charge in [-0.1, -0.05) is 12.1 Å². The van der Waals surface area contributed by atoms with Gasteiger partial charge in [0.25, 0.3) is 5.91 Å². The fraction of sp³-hybridized carbons (Fsp3) is 0.333. The second-order valence-electron chi connectivity index (χ2n) is 4.87. The number of hydrogen-bond donors (Lipinski definition) is 2. The Balaban J connectivity index is 2.05. The number of aromatic nitrogens is 1. The summed E-state index contributed by atoms with van der Waals surface area (Å²) in [7, 11) is 0. The highest BCUT2D eigenvalue weighted by Crippen LogP contribution is 2.17. The largest absolute Gasteiger partial charge is 0.344 e. The number of nitrogens with zero attached hydrogens (tertiary/aromatic N) is 1. The summed E-state index contributed by atoms with van der Waals surface area (Å²) in [6.45, 7) is 4.03. The number of nitrogens with two attached hydrogens (primary N) is 1. The minimum Gasteiger partial charge on any atom is -0.344 e. The second kappa shape index (κ2) is 6.78. The molecule has 4 nitrogen and oxygen atoms in total. The summed E-state index contributed by atoms with van der Waals surface area (Å²) < 4.78 is 13.6. The summed E-state index contributed by atoms with van der Waals surface area (Å²) in [6.07, 6.45) is 0.663. The highest BCUT2D eigenvalue weighted by atomic mass is 32.1. The first-order chi connectivity index (χ1) is 10.0. The molecule has 112 valence electrons. The van der Waals surface area contributed by atoms with Crippen LogP contribution in [-0.2, 0) is 6.42 Å². The SMILES string of the molecule is Cc1ccc(C(C)NC(=O)c2csc(CCN)n2)cc1F. The van der Waals surface area contributed by atoms with Gasteiger partial charge in [-0.25, -0.2) is 9.37 Å². The number of benzene rings is 1. The Bertz CT molecular complexity index is 642. The van der Waals surface area contributed by atoms with Gasteiger partial charge in [-0.2, -0.15) is 0 Å². The highest BCUT2D eigenvalue weighted by Gasteiger charge is 2.15. The van der Waals surface area contributed by atoms with Crippen molar-refractivity contribution in [3.05, 3.63) is 51.2 Å². The molecule has 1 aromatic heterocycles. The molecule has 0 spiro atoms. The van der Waals surface area contributed by atoms with Crippen LogP contribution in [0.2, 0.25) is 0 Å². The van der Waals surface area contributed by atoms with E-state index in [0.29, 0.717) is 24.2 Å². The Hall–Kier alpha value is -1.79. The lowest BCUT2D eigenvalue weighted by atomic mass is 10.1. The maximum Gasteiger partial charge on any atom is 0.271 e. The van der Waals surface area contributed by atoms with Gasteiger partial charge in [-0.05, 0) is 37.6 Å². The highest BCUT2D eigenvalue weighted by molar-refractivity contribution is 7.09. The number of halogens is 1. The molecular weight excluding hydrogens is 289 g/mol. The van der Waals surface area contributed by atoms with E-state index in [1.807, 2.05) is 13.0 Å². The van der Waals surface area contributed by atoms with Crippen molar-refractivity contribution in [3.8, 4) is 0 Å². The molecule has 0 radical (unpaired) electrons. The fourth-order valence-electron chi connectivity index (χ4n) is 1.89. The van der Waals surface area contributed by atoms with Crippen molar-refractivity contribution in [3.63, 3.8) is 0 Å². The van der Waals surface area contributed by atoms with Crippen molar-refractivity contribution in [2.45, 2.75) is 26.3 Å². The molecule has 21 heavy (non-hydrogen) atoms. The number of amides is 1. The predicted molar refractivity (Wildman–Crippen MR) is 81.9 cm³/mol. The molecule has 0 bridgehead atoms. The zero-order chi connectivity index (χ0) is 15.4. The van der Waals surface area contributed by atoms with Crippen molar-refractivity contribution in [1.29, 1.82) is 0 Å². The lowest BCUT2D eigenvalue weighted by Crippen LogP contribution is -2.27. The fourth-order valence-corrected chi connectivity index (χ4v) is 2.68. The van der Waals surface area contributed by atoms with Gasteiger partial charge in [0.2, 0.25) is 0 Å². The molecule has 1 unspecified atom stereocenters. The van der Waals surface area contributed by atoms with Crippen molar-refractivity contribution in [2.24, 2.45) is 5.73 Å². The molecule has 1 amide bonds. The average Bonchev–Trinajstić information content (AvgIpc) is 2.91. The molecule has 1 atom stereocenters. The topological polar surface area (TPSA) is 68.0 Å². The Morgan fingerprint density at radius 2 is 2.29 bits per heavy atom. The smallest absolute Gasteiger partial charge is 0.271 e. The molecular formula is C15H18FN3OS. The summed E-state index contributed by atoms with van der Waals surface area (Å²) >= 11 is 1.42. The molecule has 0 saturated carbocycles. The van der Waals surface area contributed by atoms with Crippen molar-refractivity contribution in [1.82, 2.24) is 10.3 Å². The summed E-state index contributed by atoms with van der Waals surface area (Å²) in [5.41, 5.74) is 7.15. The van der Waals surface area contributed by atoms with Crippen LogP contribution in [0.25, 0.3) is 0 Å². The molecule has 1 heterocycles. The van der Waals surface area contributed by atoms with E-state index in [9.17, 15) is 9.18 Å². The van der Waals surface area contributed by atoms with E-state index >= 15 is 0 Å². The van der Waals surface area contributed by atoms with E-state index in [4.69, 9.17) is 5.73 Å². The summed E-state index contributed by atoms with van der Waals surface area (Å²) in [5.74, 6) is -0.532. The van der Waals surface area contributed by atoms with Gasteiger partial charge in [0.05, 0.1) is 11.0 Å². The molecule has 2 aromatic rings. The molecule has 0 fully saturated rings. The molecule has 0 saturated heterocycles. The standard InChI is InChI=1S/C15H18FN3OS/c1-9-3-4-11(7-12(9)16)10(2)18-15(20)13-8-21-14(19-13)5-6-17/h3-4,7-8,10H,5-6,17H2,1-2H3,(H,18,20). The van der Waals surface area contributed by atoms with Crippen molar-refractivity contribution in [2.75, 3.05) is 6.54 Å². The number of rotatable bonds is 5. The first-order valence-electron chi connectivity index (χ1n) is 6.72. The van der Waals surface area contributed by atoms with Gasteiger partial charge in [0.15, 0.2) is 0 Å². The zero-order valence-corrected chi connectivity index (χ0v) is 12.8. The van der Waals surface area contributed by atoms with Crippen LogP contribution in [0.3, 0.4) is 0 Å². The van der Waals surface area contributed by atoms with Crippen molar-refractivity contribution < 1.29 is 9.18 Å². The predicted octanol–water partition coefficient (Wildman–Crippen LogP) is 2.58. The van der Waals surface area contributed by atoms with E-state index in [2.05, 4.69) is 10.3 Å². The maximum absolute atomic E-state index is 13.6. The van der Waals surface area contributed by atoms with Crippen LogP contribution < -0.4 is 11.1 Å². The van der Waals surface area contributed by atoms with Crippen molar-refractivity contribution >= 4 is 17.2 Å². The third-order valence-electron chi connectivity index (χ3n) is 3.19. The summed E-state index contributed by atoms with van der Waals surface area (Å²) in [6, 6.07) is 4.67. The van der Waals surface area contributed by atoms with E-state index in [-0.39, 0.29) is 17.8 Å². The Kier molecular flexibility index (Phi) is 5.03. The van der Waals surface area contributed by atoms with Gasteiger partial charge in [0, 0.05) is 11.8 Å². The lowest BCUT2D eigenvalue weighted by Gasteiger charge is -2.14. The Labute approximate surface area is 127 Å². The lowest BCUT2D eigenvalue weighted by molar-refractivity contribution is 0.0935. The van der Waals surface area contributed by atoms with Gasteiger partial charge in [0.1, 0.15) is 11.5 Å². The normalized spacial score (nSPS) is 12.2. The van der Waals surface area contributed by atoms with Crippen LogP contribution in [0, 0.1) is 12.7 Å². The summed E-state index contributed by atoms with van der Waals surface area (Å²) in [4.78, 5) is 16.3. The molecule has 6 heteroatoms. The van der Waals surface area contributed by atoms with Crippen LogP contribution in [0.15, 0.2) is 23.6 Å². The quantitative estimate of drug-likeness (QED) is 0.892. The molecule has 0 aliphatic heterocycles. The summed E-state index contributed by atoms with van der Waals surface area (Å²) in [5, 5.41) is 5.38. The second-order valence-corrected chi connectivity index (χ2v) is 5.81. The van der Waals surface area contributed by atoms with Gasteiger partial charge in [-0.3, -0.25) is 4.79 Å². The molecule has 2 rings (SSSR count). The first kappa shape index (κ1) is 15.6. The maximum atomic E-state index is 13.6. The third-order valence-corrected chi connectivity index (χ3v) is 4.09. The van der Waals surface area contributed by atoms with Gasteiger partial charge < -0.3 is 11.1 Å². The van der Waals surface area contributed by atoms with Gasteiger partial charge >= 0.3 is 0 Å². The van der Waals surface area contributed by atoms with Crippen LogP contribution in [0.1, 0.15) is 39.6 Å². The minimum atomic E-state index is -0.285. The van der Waals surface area contributed by atoms with Crippen LogP contribution in [0.4, 0.5) is 4.39 Å². The van der Waals surface area contributed by atoms with E-state index < -0.39 is 0 Å².